The van der Waals surface area contributed by atoms with Crippen LogP contribution in [0.25, 0.3) is 6.08 Å². The van der Waals surface area contributed by atoms with Crippen molar-refractivity contribution in [3.8, 4) is 17.2 Å². The smallest absolute Gasteiger partial charge is 0.244 e. The maximum atomic E-state index is 12.5. The molecule has 3 rings (SSSR count). The van der Waals surface area contributed by atoms with E-state index >= 15 is 0 Å². The van der Waals surface area contributed by atoms with Gasteiger partial charge in [-0.05, 0) is 42.0 Å². The molecule has 0 atom stereocenters. The first-order valence-corrected chi connectivity index (χ1v) is 12.7. The van der Waals surface area contributed by atoms with Gasteiger partial charge >= 0.3 is 0 Å². The molecule has 0 spiro atoms. The topological polar surface area (TPSA) is 117 Å². The van der Waals surface area contributed by atoms with Crippen LogP contribution in [0.2, 0.25) is 5.02 Å². The van der Waals surface area contributed by atoms with Gasteiger partial charge < -0.3 is 29.4 Å². The average molecular weight is 558 g/mol. The largest absolute Gasteiger partial charge is 0.495 e. The number of halogens is 1. The van der Waals surface area contributed by atoms with Crippen LogP contribution in [-0.4, -0.2) is 53.7 Å². The maximum absolute atomic E-state index is 12.5. The zero-order chi connectivity index (χ0) is 27.5. The third-order valence-electron chi connectivity index (χ3n) is 5.13. The number of anilines is 1. The summed E-state index contributed by atoms with van der Waals surface area (Å²) in [5.41, 5.74) is 1.25. The summed E-state index contributed by atoms with van der Waals surface area (Å²) in [6.45, 7) is 4.32. The number of thioether (sulfide) groups is 1. The van der Waals surface area contributed by atoms with Crippen LogP contribution in [0.15, 0.2) is 60.3 Å². The fraction of sp³-hybridized carbons (Fsp3) is 0.231. The fourth-order valence-electron chi connectivity index (χ4n) is 3.32. The summed E-state index contributed by atoms with van der Waals surface area (Å²) in [4.78, 5) is 24.9. The number of amides is 2. The van der Waals surface area contributed by atoms with Crippen LogP contribution in [-0.2, 0) is 22.7 Å². The second-order valence-electron chi connectivity index (χ2n) is 7.65. The van der Waals surface area contributed by atoms with E-state index in [1.54, 1.807) is 61.3 Å². The molecular weight excluding hydrogens is 530 g/mol. The second kappa shape index (κ2) is 14.1. The number of allylic oxidation sites excluding steroid dienone is 1. The van der Waals surface area contributed by atoms with Gasteiger partial charge in [0.1, 0.15) is 5.75 Å². The predicted octanol–water partition coefficient (Wildman–Crippen LogP) is 4.20. The van der Waals surface area contributed by atoms with Crippen molar-refractivity contribution in [2.24, 2.45) is 0 Å². The Balaban J connectivity index is 1.59. The highest BCUT2D eigenvalue weighted by Gasteiger charge is 2.15. The number of carbonyl (C=O) groups is 2. The molecule has 0 saturated heterocycles. The molecule has 1 heterocycles. The molecule has 12 heteroatoms. The fourth-order valence-corrected chi connectivity index (χ4v) is 4.26. The second-order valence-corrected chi connectivity index (χ2v) is 9.02. The van der Waals surface area contributed by atoms with E-state index in [0.717, 1.165) is 5.56 Å². The van der Waals surface area contributed by atoms with E-state index in [-0.39, 0.29) is 24.1 Å². The minimum absolute atomic E-state index is 0.0748. The van der Waals surface area contributed by atoms with Crippen molar-refractivity contribution < 1.29 is 23.8 Å². The molecule has 2 aromatic carbocycles. The number of rotatable bonds is 13. The first-order chi connectivity index (χ1) is 18.4. The normalized spacial score (nSPS) is 10.7. The predicted molar refractivity (Wildman–Crippen MR) is 148 cm³/mol. The van der Waals surface area contributed by atoms with E-state index in [0.29, 0.717) is 45.5 Å². The summed E-state index contributed by atoms with van der Waals surface area (Å²) in [7, 11) is 4.62. The summed E-state index contributed by atoms with van der Waals surface area (Å²) in [5, 5.41) is 14.9. The quantitative estimate of drug-likeness (QED) is 0.182. The maximum Gasteiger partial charge on any atom is 0.244 e. The molecule has 1 aromatic heterocycles. The lowest BCUT2D eigenvalue weighted by Crippen LogP contribution is -2.23. The molecule has 0 saturated carbocycles. The van der Waals surface area contributed by atoms with Crippen LogP contribution >= 0.6 is 23.4 Å². The number of ether oxygens (including phenoxy) is 3. The minimum atomic E-state index is -0.308. The lowest BCUT2D eigenvalue weighted by atomic mass is 10.2. The Morgan fingerprint density at radius 1 is 1.05 bits per heavy atom. The van der Waals surface area contributed by atoms with Crippen molar-refractivity contribution in [3.05, 3.63) is 71.5 Å². The van der Waals surface area contributed by atoms with Crippen molar-refractivity contribution in [2.75, 3.05) is 32.4 Å². The monoisotopic (exact) mass is 557 g/mol. The van der Waals surface area contributed by atoms with Gasteiger partial charge in [0.25, 0.3) is 0 Å². The molecule has 0 unspecified atom stereocenters. The first kappa shape index (κ1) is 28.6. The van der Waals surface area contributed by atoms with E-state index in [1.165, 1.54) is 24.9 Å². The number of hydrogen-bond donors (Lipinski definition) is 2. The highest BCUT2D eigenvalue weighted by atomic mass is 35.5. The van der Waals surface area contributed by atoms with Crippen molar-refractivity contribution in [3.63, 3.8) is 0 Å². The van der Waals surface area contributed by atoms with Crippen LogP contribution in [0.4, 0.5) is 5.69 Å². The molecule has 0 fully saturated rings. The summed E-state index contributed by atoms with van der Waals surface area (Å²) >= 11 is 7.24. The van der Waals surface area contributed by atoms with Crippen LogP contribution in [0.5, 0.6) is 17.2 Å². The Kier molecular flexibility index (Phi) is 10.6. The zero-order valence-electron chi connectivity index (χ0n) is 21.2. The van der Waals surface area contributed by atoms with Gasteiger partial charge in [-0.3, -0.25) is 9.59 Å². The van der Waals surface area contributed by atoms with Crippen LogP contribution in [0.3, 0.4) is 0 Å². The number of hydrogen-bond acceptors (Lipinski definition) is 8. The number of nitrogens with one attached hydrogen (secondary N) is 2. The summed E-state index contributed by atoms with van der Waals surface area (Å²) in [6.07, 6.45) is 4.77. The molecule has 0 bridgehead atoms. The molecule has 2 amide bonds. The molecule has 3 aromatic rings. The van der Waals surface area contributed by atoms with Gasteiger partial charge in [-0.1, -0.05) is 35.5 Å². The Bertz CT molecular complexity index is 1330. The number of aromatic nitrogens is 3. The lowest BCUT2D eigenvalue weighted by molar-refractivity contribution is -0.116. The van der Waals surface area contributed by atoms with Gasteiger partial charge in [-0.25, -0.2) is 0 Å². The van der Waals surface area contributed by atoms with E-state index < -0.39 is 0 Å². The molecule has 10 nitrogen and oxygen atoms in total. The van der Waals surface area contributed by atoms with E-state index in [2.05, 4.69) is 27.4 Å². The third kappa shape index (κ3) is 7.77. The molecule has 0 aliphatic rings. The summed E-state index contributed by atoms with van der Waals surface area (Å²) in [5.74, 6) is 1.70. The number of benzene rings is 2. The molecule has 38 heavy (non-hydrogen) atoms. The van der Waals surface area contributed by atoms with E-state index in [1.807, 2.05) is 6.07 Å². The molecule has 0 aliphatic carbocycles. The van der Waals surface area contributed by atoms with Gasteiger partial charge in [0.05, 0.1) is 39.3 Å². The third-order valence-corrected chi connectivity index (χ3v) is 6.33. The van der Waals surface area contributed by atoms with Crippen molar-refractivity contribution in [1.82, 2.24) is 20.1 Å². The Labute approximate surface area is 230 Å². The van der Waals surface area contributed by atoms with Gasteiger partial charge in [-0.2, -0.15) is 0 Å². The minimum Gasteiger partial charge on any atom is -0.495 e. The molecule has 0 aliphatic heterocycles. The SMILES string of the molecule is C=CCn1c(CNC(=O)C=Cc2ccc(OC)c(OC)c2)nnc1SCC(=O)Nc1cc(Cl)ccc1OC. The van der Waals surface area contributed by atoms with Crippen LogP contribution in [0.1, 0.15) is 11.4 Å². The Morgan fingerprint density at radius 3 is 2.50 bits per heavy atom. The van der Waals surface area contributed by atoms with Crippen molar-refractivity contribution in [1.29, 1.82) is 0 Å². The number of methoxy groups -OCH3 is 3. The lowest BCUT2D eigenvalue weighted by Gasteiger charge is -2.11. The van der Waals surface area contributed by atoms with Gasteiger partial charge in [0, 0.05) is 17.6 Å². The van der Waals surface area contributed by atoms with Gasteiger partial charge in [0.2, 0.25) is 11.8 Å². The average Bonchev–Trinajstić information content (AvgIpc) is 3.30. The standard InChI is InChI=1S/C26H28ClN5O5S/c1-5-12-32-23(15-28-24(33)11-7-17-6-9-21(36-3)22(13-17)37-4)30-31-26(32)38-16-25(34)29-19-14-18(27)8-10-20(19)35-2/h5-11,13-14H,1,12,15-16H2,2-4H3,(H,28,33)(H,29,34). The van der Waals surface area contributed by atoms with E-state index in [9.17, 15) is 9.59 Å². The van der Waals surface area contributed by atoms with Gasteiger partial charge in [0.15, 0.2) is 22.5 Å². The zero-order valence-corrected chi connectivity index (χ0v) is 22.8. The molecule has 200 valence electrons. The van der Waals surface area contributed by atoms with Gasteiger partial charge in [-0.15, -0.1) is 16.8 Å². The molecular formula is C26H28ClN5O5S. The van der Waals surface area contributed by atoms with E-state index in [4.69, 9.17) is 25.8 Å². The summed E-state index contributed by atoms with van der Waals surface area (Å²) < 4.78 is 17.5. The molecule has 0 radical (unpaired) electrons. The van der Waals surface area contributed by atoms with Crippen LogP contribution < -0.4 is 24.8 Å². The number of nitrogens with zero attached hydrogens (tertiary/aromatic N) is 3. The Hall–Kier alpha value is -3.96. The highest BCUT2D eigenvalue weighted by molar-refractivity contribution is 7.99. The first-order valence-electron chi connectivity index (χ1n) is 11.4. The summed E-state index contributed by atoms with van der Waals surface area (Å²) in [6, 6.07) is 10.3. The Morgan fingerprint density at radius 2 is 1.79 bits per heavy atom. The number of carbonyl (C=O) groups excluding carboxylic acids is 2. The molecule has 2 N–H and O–H groups in total. The van der Waals surface area contributed by atoms with Crippen molar-refractivity contribution >= 4 is 46.9 Å². The van der Waals surface area contributed by atoms with Crippen molar-refractivity contribution in [2.45, 2.75) is 18.2 Å². The van der Waals surface area contributed by atoms with Crippen LogP contribution in [0, 0.1) is 0 Å². The highest BCUT2D eigenvalue weighted by Crippen LogP contribution is 2.29.